The van der Waals surface area contributed by atoms with E-state index < -0.39 is 6.10 Å². The summed E-state index contributed by atoms with van der Waals surface area (Å²) < 4.78 is 5.73. The predicted molar refractivity (Wildman–Crippen MR) is 125 cm³/mol. The van der Waals surface area contributed by atoms with Crippen LogP contribution in [0.3, 0.4) is 0 Å². The molecule has 3 rings (SSSR count). The highest BCUT2D eigenvalue weighted by Gasteiger charge is 2.17. The third kappa shape index (κ3) is 5.64. The number of carbonyl (C=O) groups is 2. The van der Waals surface area contributed by atoms with Crippen LogP contribution >= 0.6 is 11.6 Å². The van der Waals surface area contributed by atoms with Gasteiger partial charge in [0.1, 0.15) is 5.75 Å². The van der Waals surface area contributed by atoms with Gasteiger partial charge in [-0.3, -0.25) is 9.59 Å². The Morgan fingerprint density at radius 1 is 0.903 bits per heavy atom. The number of anilines is 2. The second-order valence-corrected chi connectivity index (χ2v) is 7.87. The number of nitrogens with one attached hydrogen (secondary N) is 2. The van der Waals surface area contributed by atoms with Crippen molar-refractivity contribution in [3.05, 3.63) is 87.9 Å². The lowest BCUT2D eigenvalue weighted by Gasteiger charge is -2.16. The maximum absolute atomic E-state index is 12.5. The molecule has 0 aliphatic carbocycles. The standard InChI is InChI=1S/C25H25ClN2O3/c1-15-8-13-22(16(2)14-15)27-25(30)19-9-11-20(12-10-19)31-18(4)24(29)28-23-7-5-6-21(26)17(23)3/h5-14,18H,1-4H3,(H,27,30)(H,28,29). The molecule has 3 aromatic carbocycles. The molecule has 0 fully saturated rings. The van der Waals surface area contributed by atoms with Gasteiger partial charge >= 0.3 is 0 Å². The Kier molecular flexibility index (Phi) is 6.98. The zero-order valence-electron chi connectivity index (χ0n) is 18.0. The monoisotopic (exact) mass is 436 g/mol. The average molecular weight is 437 g/mol. The number of ether oxygens (including phenoxy) is 1. The Labute approximate surface area is 187 Å². The maximum Gasteiger partial charge on any atom is 0.265 e. The van der Waals surface area contributed by atoms with Crippen LogP contribution in [0.15, 0.2) is 60.7 Å². The summed E-state index contributed by atoms with van der Waals surface area (Å²) in [6.45, 7) is 7.47. The normalized spacial score (nSPS) is 11.5. The second-order valence-electron chi connectivity index (χ2n) is 7.46. The van der Waals surface area contributed by atoms with Crippen molar-refractivity contribution in [3.8, 4) is 5.75 Å². The minimum absolute atomic E-state index is 0.208. The summed E-state index contributed by atoms with van der Waals surface area (Å²) >= 11 is 6.10. The van der Waals surface area contributed by atoms with Gasteiger partial charge < -0.3 is 15.4 Å². The Hall–Kier alpha value is -3.31. The van der Waals surface area contributed by atoms with Gasteiger partial charge in [-0.2, -0.15) is 0 Å². The molecule has 0 spiro atoms. The molecule has 0 heterocycles. The Morgan fingerprint density at radius 2 is 1.61 bits per heavy atom. The van der Waals surface area contributed by atoms with Crippen LogP contribution in [0, 0.1) is 20.8 Å². The minimum atomic E-state index is -0.728. The number of benzene rings is 3. The van der Waals surface area contributed by atoms with Crippen LogP contribution in [-0.4, -0.2) is 17.9 Å². The summed E-state index contributed by atoms with van der Waals surface area (Å²) in [7, 11) is 0. The van der Waals surface area contributed by atoms with Crippen LogP contribution in [0.4, 0.5) is 11.4 Å². The van der Waals surface area contributed by atoms with E-state index in [4.69, 9.17) is 16.3 Å². The number of amides is 2. The molecule has 0 aliphatic rings. The maximum atomic E-state index is 12.5. The third-order valence-electron chi connectivity index (χ3n) is 4.95. The van der Waals surface area contributed by atoms with Crippen LogP contribution in [0.25, 0.3) is 0 Å². The molecule has 2 amide bonds. The summed E-state index contributed by atoms with van der Waals surface area (Å²) in [6, 6.07) is 17.9. The van der Waals surface area contributed by atoms with Crippen LogP contribution in [0.1, 0.15) is 34.0 Å². The molecule has 0 radical (unpaired) electrons. The summed E-state index contributed by atoms with van der Waals surface area (Å²) in [5.41, 5.74) is 4.86. The van der Waals surface area contributed by atoms with E-state index in [9.17, 15) is 9.59 Å². The van der Waals surface area contributed by atoms with Gasteiger partial charge in [0.15, 0.2) is 6.10 Å². The van der Waals surface area contributed by atoms with E-state index in [-0.39, 0.29) is 11.8 Å². The molecule has 6 heteroatoms. The topological polar surface area (TPSA) is 67.4 Å². The molecule has 31 heavy (non-hydrogen) atoms. The van der Waals surface area contributed by atoms with E-state index in [2.05, 4.69) is 10.6 Å². The minimum Gasteiger partial charge on any atom is -0.481 e. The SMILES string of the molecule is Cc1ccc(NC(=O)c2ccc(OC(C)C(=O)Nc3cccc(Cl)c3C)cc2)c(C)c1. The molecule has 5 nitrogen and oxygen atoms in total. The zero-order chi connectivity index (χ0) is 22.5. The molecule has 1 atom stereocenters. The zero-order valence-corrected chi connectivity index (χ0v) is 18.7. The Balaban J connectivity index is 1.61. The van der Waals surface area contributed by atoms with E-state index >= 15 is 0 Å². The summed E-state index contributed by atoms with van der Waals surface area (Å²) in [5, 5.41) is 6.32. The van der Waals surface area contributed by atoms with Gasteiger partial charge in [-0.1, -0.05) is 35.4 Å². The first-order valence-corrected chi connectivity index (χ1v) is 10.3. The van der Waals surface area contributed by atoms with E-state index in [1.54, 1.807) is 49.4 Å². The molecule has 0 aromatic heterocycles. The number of hydrogen-bond donors (Lipinski definition) is 2. The first kappa shape index (κ1) is 22.4. The third-order valence-corrected chi connectivity index (χ3v) is 5.36. The van der Waals surface area contributed by atoms with Crippen molar-refractivity contribution in [2.24, 2.45) is 0 Å². The van der Waals surface area contributed by atoms with Crippen molar-refractivity contribution in [2.45, 2.75) is 33.8 Å². The number of carbonyl (C=O) groups excluding carboxylic acids is 2. The van der Waals surface area contributed by atoms with Gasteiger partial charge in [0, 0.05) is 22.0 Å². The molecule has 0 bridgehead atoms. The second kappa shape index (κ2) is 9.67. The van der Waals surface area contributed by atoms with Crippen molar-refractivity contribution in [3.63, 3.8) is 0 Å². The Morgan fingerprint density at radius 3 is 2.29 bits per heavy atom. The molecular weight excluding hydrogens is 412 g/mol. The first-order chi connectivity index (χ1) is 14.7. The molecule has 2 N–H and O–H groups in total. The molecular formula is C25H25ClN2O3. The lowest BCUT2D eigenvalue weighted by molar-refractivity contribution is -0.122. The van der Waals surface area contributed by atoms with Gasteiger partial charge in [0.2, 0.25) is 0 Å². The highest BCUT2D eigenvalue weighted by molar-refractivity contribution is 6.31. The molecule has 0 saturated carbocycles. The van der Waals surface area contributed by atoms with E-state index in [1.807, 2.05) is 39.0 Å². The lowest BCUT2D eigenvalue weighted by atomic mass is 10.1. The van der Waals surface area contributed by atoms with Gasteiger partial charge in [-0.05, 0) is 81.3 Å². The highest BCUT2D eigenvalue weighted by Crippen LogP contribution is 2.24. The van der Waals surface area contributed by atoms with Gasteiger partial charge in [-0.25, -0.2) is 0 Å². The molecule has 0 saturated heterocycles. The Bertz CT molecular complexity index is 1110. The molecule has 0 aliphatic heterocycles. The van der Waals surface area contributed by atoms with Crippen LogP contribution < -0.4 is 15.4 Å². The molecule has 3 aromatic rings. The van der Waals surface area contributed by atoms with Crippen molar-refractivity contribution < 1.29 is 14.3 Å². The number of halogens is 1. The van der Waals surface area contributed by atoms with E-state index in [1.165, 1.54) is 0 Å². The van der Waals surface area contributed by atoms with Crippen LogP contribution in [0.5, 0.6) is 5.75 Å². The van der Waals surface area contributed by atoms with Crippen LogP contribution in [0.2, 0.25) is 5.02 Å². The fourth-order valence-corrected chi connectivity index (χ4v) is 3.24. The molecule has 1 unspecified atom stereocenters. The largest absolute Gasteiger partial charge is 0.481 e. The highest BCUT2D eigenvalue weighted by atomic mass is 35.5. The van der Waals surface area contributed by atoms with Gasteiger partial charge in [-0.15, -0.1) is 0 Å². The van der Waals surface area contributed by atoms with E-state index in [0.717, 1.165) is 22.4 Å². The average Bonchev–Trinajstić information content (AvgIpc) is 2.73. The number of rotatable bonds is 6. The fourth-order valence-electron chi connectivity index (χ4n) is 3.07. The summed E-state index contributed by atoms with van der Waals surface area (Å²) in [6.07, 6.45) is -0.728. The van der Waals surface area contributed by atoms with Crippen LogP contribution in [-0.2, 0) is 4.79 Å². The lowest BCUT2D eigenvalue weighted by Crippen LogP contribution is -2.30. The van der Waals surface area contributed by atoms with Gasteiger partial charge in [0.05, 0.1) is 0 Å². The van der Waals surface area contributed by atoms with E-state index in [0.29, 0.717) is 22.0 Å². The summed E-state index contributed by atoms with van der Waals surface area (Å²) in [4.78, 5) is 25.0. The first-order valence-electron chi connectivity index (χ1n) is 9.96. The van der Waals surface area contributed by atoms with Crippen molar-refractivity contribution in [1.29, 1.82) is 0 Å². The van der Waals surface area contributed by atoms with Crippen molar-refractivity contribution in [2.75, 3.05) is 10.6 Å². The van der Waals surface area contributed by atoms with Crippen molar-refractivity contribution in [1.82, 2.24) is 0 Å². The van der Waals surface area contributed by atoms with Gasteiger partial charge in [0.25, 0.3) is 11.8 Å². The predicted octanol–water partition coefficient (Wildman–Crippen LogP) is 5.92. The van der Waals surface area contributed by atoms with Crippen molar-refractivity contribution >= 4 is 34.8 Å². The summed E-state index contributed by atoms with van der Waals surface area (Å²) in [5.74, 6) is -0.00343. The quantitative estimate of drug-likeness (QED) is 0.503. The number of aryl methyl sites for hydroxylation is 2. The smallest absolute Gasteiger partial charge is 0.265 e. The molecule has 160 valence electrons. The number of hydrogen-bond acceptors (Lipinski definition) is 3. The fraction of sp³-hybridized carbons (Fsp3) is 0.200.